The van der Waals surface area contributed by atoms with Gasteiger partial charge in [-0.3, -0.25) is 9.69 Å². The van der Waals surface area contributed by atoms with E-state index in [-0.39, 0.29) is 23.7 Å². The van der Waals surface area contributed by atoms with Gasteiger partial charge < -0.3 is 14.2 Å². The molecule has 156 valence electrons. The summed E-state index contributed by atoms with van der Waals surface area (Å²) in [5.41, 5.74) is 2.25. The van der Waals surface area contributed by atoms with Crippen molar-refractivity contribution in [3.05, 3.63) is 69.3 Å². The van der Waals surface area contributed by atoms with Gasteiger partial charge >= 0.3 is 5.97 Å². The van der Waals surface area contributed by atoms with Gasteiger partial charge in [-0.25, -0.2) is 4.79 Å². The summed E-state index contributed by atoms with van der Waals surface area (Å²) >= 11 is 3.40. The first-order chi connectivity index (χ1) is 14.4. The fraction of sp³-hybridized carbons (Fsp3) is 0.217. The number of rotatable bonds is 6. The summed E-state index contributed by atoms with van der Waals surface area (Å²) < 4.78 is 16.8. The van der Waals surface area contributed by atoms with Crippen molar-refractivity contribution in [2.75, 3.05) is 25.7 Å². The zero-order valence-electron chi connectivity index (χ0n) is 17.2. The van der Waals surface area contributed by atoms with Crippen molar-refractivity contribution in [3.63, 3.8) is 0 Å². The molecular formula is C23H22BrNO5. The topological polar surface area (TPSA) is 65.1 Å². The van der Waals surface area contributed by atoms with Crippen molar-refractivity contribution in [2.24, 2.45) is 0 Å². The van der Waals surface area contributed by atoms with Crippen LogP contribution in [0.25, 0.3) is 6.08 Å². The van der Waals surface area contributed by atoms with Crippen LogP contribution in [0.15, 0.2) is 63.8 Å². The number of esters is 1. The summed E-state index contributed by atoms with van der Waals surface area (Å²) in [5.74, 6) is 0.300. The van der Waals surface area contributed by atoms with E-state index < -0.39 is 5.97 Å². The standard InChI is InChI=1S/C23H22BrNO5/c1-5-30-23(27)21-14(2)25(17-8-6-16(24)7-9-17)22(26)19(21)13-15-12-18(28-3)10-11-20(15)29-4/h6-13H,5H2,1-4H3/b19-13-. The lowest BCUT2D eigenvalue weighted by Gasteiger charge is -2.18. The molecule has 6 nitrogen and oxygen atoms in total. The van der Waals surface area contributed by atoms with Gasteiger partial charge in [-0.1, -0.05) is 15.9 Å². The minimum atomic E-state index is -0.545. The van der Waals surface area contributed by atoms with Gasteiger partial charge in [0.2, 0.25) is 0 Å². The quantitative estimate of drug-likeness (QED) is 0.449. The molecule has 0 aliphatic carbocycles. The average molecular weight is 472 g/mol. The van der Waals surface area contributed by atoms with E-state index in [2.05, 4.69) is 15.9 Å². The molecule has 1 heterocycles. The monoisotopic (exact) mass is 471 g/mol. The molecule has 0 radical (unpaired) electrons. The second kappa shape index (κ2) is 9.17. The molecule has 2 aromatic rings. The highest BCUT2D eigenvalue weighted by molar-refractivity contribution is 9.10. The zero-order valence-corrected chi connectivity index (χ0v) is 18.8. The third-order valence-electron chi connectivity index (χ3n) is 4.70. The van der Waals surface area contributed by atoms with Crippen LogP contribution in [0.3, 0.4) is 0 Å². The fourth-order valence-corrected chi connectivity index (χ4v) is 3.55. The van der Waals surface area contributed by atoms with Crippen LogP contribution in [0, 0.1) is 0 Å². The van der Waals surface area contributed by atoms with E-state index in [1.165, 1.54) is 4.90 Å². The molecule has 0 bridgehead atoms. The van der Waals surface area contributed by atoms with Crippen LogP contribution in [-0.2, 0) is 14.3 Å². The normalized spacial score (nSPS) is 15.0. The summed E-state index contributed by atoms with van der Waals surface area (Å²) in [4.78, 5) is 27.7. The van der Waals surface area contributed by atoms with Crippen LogP contribution in [0.2, 0.25) is 0 Å². The SMILES string of the molecule is CCOC(=O)C1=C(C)N(c2ccc(Br)cc2)C(=O)/C1=C\c1cc(OC)ccc1OC. The molecule has 1 aliphatic heterocycles. The first-order valence-corrected chi connectivity index (χ1v) is 10.1. The fourth-order valence-electron chi connectivity index (χ4n) is 3.29. The number of allylic oxidation sites excluding steroid dienone is 1. The second-order valence-electron chi connectivity index (χ2n) is 6.46. The number of methoxy groups -OCH3 is 2. The van der Waals surface area contributed by atoms with Gasteiger partial charge in [0.05, 0.1) is 32.0 Å². The molecule has 0 aromatic heterocycles. The molecule has 0 saturated heterocycles. The van der Waals surface area contributed by atoms with E-state index in [0.717, 1.165) is 4.47 Å². The highest BCUT2D eigenvalue weighted by Gasteiger charge is 2.38. The Labute approximate surface area is 183 Å². The van der Waals surface area contributed by atoms with Gasteiger partial charge in [-0.15, -0.1) is 0 Å². The molecule has 2 aromatic carbocycles. The number of carbonyl (C=O) groups is 2. The summed E-state index contributed by atoms with van der Waals surface area (Å²) in [7, 11) is 3.10. The first-order valence-electron chi connectivity index (χ1n) is 9.33. The maximum atomic E-state index is 13.4. The molecule has 0 spiro atoms. The lowest BCUT2D eigenvalue weighted by atomic mass is 10.0. The van der Waals surface area contributed by atoms with Crippen molar-refractivity contribution >= 4 is 39.6 Å². The summed E-state index contributed by atoms with van der Waals surface area (Å²) in [6, 6.07) is 12.6. The van der Waals surface area contributed by atoms with E-state index in [9.17, 15) is 9.59 Å². The van der Waals surface area contributed by atoms with Gasteiger partial charge in [0, 0.05) is 21.4 Å². The van der Waals surface area contributed by atoms with Crippen LogP contribution >= 0.6 is 15.9 Å². The Bertz CT molecular complexity index is 1040. The van der Waals surface area contributed by atoms with Crippen molar-refractivity contribution in [1.82, 2.24) is 0 Å². The third kappa shape index (κ3) is 4.11. The number of carbonyl (C=O) groups excluding carboxylic acids is 2. The average Bonchev–Trinajstić information content (AvgIpc) is 2.98. The molecule has 1 aliphatic rings. The van der Waals surface area contributed by atoms with E-state index in [1.54, 1.807) is 52.3 Å². The Balaban J connectivity index is 2.17. The van der Waals surface area contributed by atoms with Crippen molar-refractivity contribution < 1.29 is 23.8 Å². The first kappa shape index (κ1) is 21.6. The number of anilines is 1. The second-order valence-corrected chi connectivity index (χ2v) is 7.38. The van der Waals surface area contributed by atoms with E-state index in [4.69, 9.17) is 14.2 Å². The number of ether oxygens (including phenoxy) is 3. The predicted octanol–water partition coefficient (Wildman–Crippen LogP) is 4.73. The maximum absolute atomic E-state index is 13.4. The van der Waals surface area contributed by atoms with Crippen LogP contribution in [0.5, 0.6) is 11.5 Å². The highest BCUT2D eigenvalue weighted by Crippen LogP contribution is 2.37. The molecule has 0 N–H and O–H groups in total. The van der Waals surface area contributed by atoms with Crippen molar-refractivity contribution in [1.29, 1.82) is 0 Å². The van der Waals surface area contributed by atoms with E-state index in [1.807, 2.05) is 24.3 Å². The molecule has 7 heteroatoms. The number of halogens is 1. The van der Waals surface area contributed by atoms with Crippen LogP contribution < -0.4 is 14.4 Å². The van der Waals surface area contributed by atoms with Gasteiger partial charge in [-0.05, 0) is 62.4 Å². The Kier molecular flexibility index (Phi) is 6.62. The molecule has 0 unspecified atom stereocenters. The Morgan fingerprint density at radius 3 is 2.40 bits per heavy atom. The van der Waals surface area contributed by atoms with Gasteiger partial charge in [-0.2, -0.15) is 0 Å². The molecule has 0 fully saturated rings. The lowest BCUT2D eigenvalue weighted by Crippen LogP contribution is -2.24. The number of amides is 1. The minimum absolute atomic E-state index is 0.206. The van der Waals surface area contributed by atoms with Crippen molar-refractivity contribution in [3.8, 4) is 11.5 Å². The number of hydrogen-bond donors (Lipinski definition) is 0. The Hall–Kier alpha value is -3.06. The van der Waals surface area contributed by atoms with Crippen LogP contribution in [-0.4, -0.2) is 32.7 Å². The lowest BCUT2D eigenvalue weighted by molar-refractivity contribution is -0.138. The molecule has 1 amide bonds. The van der Waals surface area contributed by atoms with E-state index >= 15 is 0 Å². The Morgan fingerprint density at radius 1 is 1.10 bits per heavy atom. The van der Waals surface area contributed by atoms with Crippen LogP contribution in [0.1, 0.15) is 19.4 Å². The number of hydrogen-bond acceptors (Lipinski definition) is 5. The molecule has 30 heavy (non-hydrogen) atoms. The summed E-state index contributed by atoms with van der Waals surface area (Å²) in [6.45, 7) is 3.67. The summed E-state index contributed by atoms with van der Waals surface area (Å²) in [6.07, 6.45) is 1.64. The smallest absolute Gasteiger partial charge is 0.340 e. The zero-order chi connectivity index (χ0) is 21.8. The molecule has 0 atom stereocenters. The van der Waals surface area contributed by atoms with Gasteiger partial charge in [0.1, 0.15) is 11.5 Å². The van der Waals surface area contributed by atoms with E-state index in [0.29, 0.717) is 28.4 Å². The summed E-state index contributed by atoms with van der Waals surface area (Å²) in [5, 5.41) is 0. The predicted molar refractivity (Wildman–Crippen MR) is 118 cm³/mol. The number of benzene rings is 2. The molecule has 3 rings (SSSR count). The number of nitrogens with zero attached hydrogens (tertiary/aromatic N) is 1. The Morgan fingerprint density at radius 2 is 1.80 bits per heavy atom. The third-order valence-corrected chi connectivity index (χ3v) is 5.23. The van der Waals surface area contributed by atoms with Gasteiger partial charge in [0.25, 0.3) is 5.91 Å². The minimum Gasteiger partial charge on any atom is -0.497 e. The van der Waals surface area contributed by atoms with Crippen LogP contribution in [0.4, 0.5) is 5.69 Å². The van der Waals surface area contributed by atoms with Crippen molar-refractivity contribution in [2.45, 2.75) is 13.8 Å². The largest absolute Gasteiger partial charge is 0.497 e. The highest BCUT2D eigenvalue weighted by atomic mass is 79.9. The molecular weight excluding hydrogens is 450 g/mol. The van der Waals surface area contributed by atoms with Gasteiger partial charge in [0.15, 0.2) is 0 Å². The molecule has 0 saturated carbocycles. The maximum Gasteiger partial charge on any atom is 0.340 e.